The summed E-state index contributed by atoms with van der Waals surface area (Å²) in [4.78, 5) is 12.2. The van der Waals surface area contributed by atoms with Crippen LogP contribution in [0.5, 0.6) is 5.75 Å². The highest BCUT2D eigenvalue weighted by molar-refractivity contribution is 5.77. The Morgan fingerprint density at radius 1 is 1.26 bits per heavy atom. The molecule has 2 bridgehead atoms. The Hall–Kier alpha value is -1.61. The van der Waals surface area contributed by atoms with Crippen LogP contribution in [0.3, 0.4) is 0 Å². The monoisotopic (exact) mass is 258 g/mol. The molecule has 4 unspecified atom stereocenters. The highest BCUT2D eigenvalue weighted by Crippen LogP contribution is 2.44. The fourth-order valence-corrected chi connectivity index (χ4v) is 3.05. The molecule has 3 nitrogen and oxygen atoms in total. The highest BCUT2D eigenvalue weighted by atomic mass is 16.5. The van der Waals surface area contributed by atoms with Gasteiger partial charge in [0.1, 0.15) is 5.75 Å². The molecule has 1 aromatic rings. The van der Waals surface area contributed by atoms with Crippen LogP contribution in [-0.2, 0) is 4.79 Å². The molecule has 100 valence electrons. The third-order valence-corrected chi connectivity index (χ3v) is 4.40. The van der Waals surface area contributed by atoms with Gasteiger partial charge < -0.3 is 9.84 Å². The van der Waals surface area contributed by atoms with Crippen molar-refractivity contribution in [2.24, 2.45) is 17.8 Å². The zero-order valence-corrected chi connectivity index (χ0v) is 11.2. The third kappa shape index (κ3) is 2.08. The number of aliphatic hydroxyl groups is 1. The minimum Gasteiger partial charge on any atom is -0.426 e. The van der Waals surface area contributed by atoms with Crippen LogP contribution in [0.25, 0.3) is 0 Å². The van der Waals surface area contributed by atoms with Crippen LogP contribution in [0, 0.1) is 31.6 Å². The van der Waals surface area contributed by atoms with Gasteiger partial charge in [-0.3, -0.25) is 4.79 Å². The zero-order chi connectivity index (χ0) is 13.6. The Morgan fingerprint density at radius 2 is 2.05 bits per heavy atom. The van der Waals surface area contributed by atoms with E-state index in [9.17, 15) is 9.90 Å². The molecule has 0 amide bonds. The van der Waals surface area contributed by atoms with E-state index < -0.39 is 6.10 Å². The molecule has 0 spiro atoms. The second-order valence-corrected chi connectivity index (χ2v) is 5.63. The van der Waals surface area contributed by atoms with E-state index in [2.05, 4.69) is 0 Å². The van der Waals surface area contributed by atoms with Crippen molar-refractivity contribution in [2.75, 3.05) is 0 Å². The van der Waals surface area contributed by atoms with Gasteiger partial charge in [-0.15, -0.1) is 0 Å². The number of esters is 1. The summed E-state index contributed by atoms with van der Waals surface area (Å²) in [6.07, 6.45) is 4.25. The standard InChI is InChI=1S/C16H18O3/c1-9-3-5-12(7-10(9)2)19-16(18)14-8-11-4-6-13(14)15(11)17/h3-7,11,13-15,17H,8H2,1-2H3. The number of benzene rings is 1. The van der Waals surface area contributed by atoms with Crippen LogP contribution >= 0.6 is 0 Å². The number of hydrogen-bond acceptors (Lipinski definition) is 3. The maximum absolute atomic E-state index is 12.2. The Balaban J connectivity index is 1.72. The van der Waals surface area contributed by atoms with Gasteiger partial charge in [0.2, 0.25) is 0 Å². The quantitative estimate of drug-likeness (QED) is 0.503. The van der Waals surface area contributed by atoms with Crippen molar-refractivity contribution in [3.63, 3.8) is 0 Å². The summed E-state index contributed by atoms with van der Waals surface area (Å²) in [7, 11) is 0. The summed E-state index contributed by atoms with van der Waals surface area (Å²) in [5, 5.41) is 9.92. The molecule has 0 saturated heterocycles. The summed E-state index contributed by atoms with van der Waals surface area (Å²) in [5.41, 5.74) is 2.29. The van der Waals surface area contributed by atoms with Gasteiger partial charge in [-0.2, -0.15) is 0 Å². The maximum Gasteiger partial charge on any atom is 0.315 e. The summed E-state index contributed by atoms with van der Waals surface area (Å²) >= 11 is 0. The van der Waals surface area contributed by atoms with Crippen molar-refractivity contribution in [3.05, 3.63) is 41.5 Å². The van der Waals surface area contributed by atoms with Gasteiger partial charge in [0, 0.05) is 11.8 Å². The Morgan fingerprint density at radius 3 is 2.63 bits per heavy atom. The topological polar surface area (TPSA) is 46.5 Å². The van der Waals surface area contributed by atoms with E-state index in [1.54, 1.807) is 0 Å². The molecular weight excluding hydrogens is 240 g/mol. The fraction of sp³-hybridized carbons (Fsp3) is 0.438. The SMILES string of the molecule is Cc1ccc(OC(=O)C2CC3C=CC2C3O)cc1C. The van der Waals surface area contributed by atoms with E-state index in [1.807, 2.05) is 44.2 Å². The summed E-state index contributed by atoms with van der Waals surface area (Å²) in [6.45, 7) is 4.02. The smallest absolute Gasteiger partial charge is 0.315 e. The Bertz CT molecular complexity index is 547. The molecule has 3 heteroatoms. The number of hydrogen-bond donors (Lipinski definition) is 1. The molecule has 0 heterocycles. The normalized spacial score (nSPS) is 31.7. The number of carbonyl (C=O) groups is 1. The molecule has 4 atom stereocenters. The first kappa shape index (κ1) is 12.4. The van der Waals surface area contributed by atoms with E-state index in [4.69, 9.17) is 4.74 Å². The predicted molar refractivity (Wildman–Crippen MR) is 71.8 cm³/mol. The lowest BCUT2D eigenvalue weighted by molar-refractivity contribution is -0.140. The van der Waals surface area contributed by atoms with Gasteiger partial charge in [0.25, 0.3) is 0 Å². The first-order chi connectivity index (χ1) is 9.06. The van der Waals surface area contributed by atoms with Crippen molar-refractivity contribution in [3.8, 4) is 5.75 Å². The summed E-state index contributed by atoms with van der Waals surface area (Å²) < 4.78 is 5.45. The van der Waals surface area contributed by atoms with Crippen LogP contribution in [0.2, 0.25) is 0 Å². The lowest BCUT2D eigenvalue weighted by atomic mass is 9.93. The Kier molecular flexibility index (Phi) is 2.94. The molecular formula is C16H18O3. The minimum absolute atomic E-state index is 0.0657. The molecule has 0 radical (unpaired) electrons. The average Bonchev–Trinajstić information content (AvgIpc) is 2.90. The minimum atomic E-state index is -0.405. The van der Waals surface area contributed by atoms with Gasteiger partial charge in [-0.25, -0.2) is 0 Å². The predicted octanol–water partition coefficient (Wildman–Crippen LogP) is 2.39. The second kappa shape index (κ2) is 4.49. The van der Waals surface area contributed by atoms with Gasteiger partial charge in [-0.05, 0) is 43.5 Å². The van der Waals surface area contributed by atoms with Crippen molar-refractivity contribution >= 4 is 5.97 Å². The molecule has 0 aromatic heterocycles. The molecule has 1 N–H and O–H groups in total. The van der Waals surface area contributed by atoms with Crippen LogP contribution in [0.4, 0.5) is 0 Å². The van der Waals surface area contributed by atoms with Gasteiger partial charge in [0.15, 0.2) is 0 Å². The summed E-state index contributed by atoms with van der Waals surface area (Å²) in [5.74, 6) is 0.228. The van der Waals surface area contributed by atoms with E-state index in [-0.39, 0.29) is 23.7 Å². The van der Waals surface area contributed by atoms with Crippen molar-refractivity contribution < 1.29 is 14.6 Å². The molecule has 1 aromatic carbocycles. The van der Waals surface area contributed by atoms with Crippen LogP contribution in [-0.4, -0.2) is 17.2 Å². The molecule has 2 aliphatic rings. The van der Waals surface area contributed by atoms with Gasteiger partial charge in [0.05, 0.1) is 12.0 Å². The first-order valence-electron chi connectivity index (χ1n) is 6.71. The zero-order valence-electron chi connectivity index (χ0n) is 11.2. The molecule has 2 aliphatic carbocycles. The molecule has 1 saturated carbocycles. The Labute approximate surface area is 112 Å². The molecule has 19 heavy (non-hydrogen) atoms. The number of aryl methyl sites for hydroxylation is 2. The maximum atomic E-state index is 12.2. The average molecular weight is 258 g/mol. The lowest BCUT2D eigenvalue weighted by Crippen LogP contribution is -2.26. The highest BCUT2D eigenvalue weighted by Gasteiger charge is 2.47. The van der Waals surface area contributed by atoms with Crippen molar-refractivity contribution in [1.82, 2.24) is 0 Å². The number of aliphatic hydroxyl groups excluding tert-OH is 1. The van der Waals surface area contributed by atoms with Gasteiger partial charge >= 0.3 is 5.97 Å². The fourth-order valence-electron chi connectivity index (χ4n) is 3.05. The van der Waals surface area contributed by atoms with E-state index in [0.717, 1.165) is 5.56 Å². The van der Waals surface area contributed by atoms with Crippen LogP contribution < -0.4 is 4.74 Å². The van der Waals surface area contributed by atoms with Crippen LogP contribution in [0.1, 0.15) is 17.5 Å². The van der Waals surface area contributed by atoms with Crippen molar-refractivity contribution in [2.45, 2.75) is 26.4 Å². The number of carbonyl (C=O) groups excluding carboxylic acids is 1. The van der Waals surface area contributed by atoms with E-state index >= 15 is 0 Å². The molecule has 3 rings (SSSR count). The third-order valence-electron chi connectivity index (χ3n) is 4.40. The molecule has 1 fully saturated rings. The number of rotatable bonds is 2. The van der Waals surface area contributed by atoms with Crippen LogP contribution in [0.15, 0.2) is 30.4 Å². The largest absolute Gasteiger partial charge is 0.426 e. The summed E-state index contributed by atoms with van der Waals surface area (Å²) in [6, 6.07) is 5.65. The van der Waals surface area contributed by atoms with Gasteiger partial charge in [-0.1, -0.05) is 18.2 Å². The number of fused-ring (bicyclic) bond motifs is 2. The lowest BCUT2D eigenvalue weighted by Gasteiger charge is -2.17. The first-order valence-corrected chi connectivity index (χ1v) is 6.71. The van der Waals surface area contributed by atoms with Crippen molar-refractivity contribution in [1.29, 1.82) is 0 Å². The molecule has 0 aliphatic heterocycles. The van der Waals surface area contributed by atoms with E-state index in [1.165, 1.54) is 5.56 Å². The van der Waals surface area contributed by atoms with E-state index in [0.29, 0.717) is 12.2 Å². The number of ether oxygens (including phenoxy) is 1. The second-order valence-electron chi connectivity index (χ2n) is 5.63.